The monoisotopic (exact) mass is 529 g/mol. The van der Waals surface area contributed by atoms with Gasteiger partial charge in [0.2, 0.25) is 11.8 Å². The van der Waals surface area contributed by atoms with Crippen LogP contribution in [-0.4, -0.2) is 58.1 Å². The molecule has 5 N–H and O–H groups in total. The molecule has 37 heavy (non-hydrogen) atoms. The summed E-state index contributed by atoms with van der Waals surface area (Å²) >= 11 is 1.29. The Morgan fingerprint density at radius 3 is 2.57 bits per heavy atom. The van der Waals surface area contributed by atoms with Gasteiger partial charge in [-0.15, -0.1) is 11.3 Å². The quantitative estimate of drug-likeness (QED) is 0.188. The van der Waals surface area contributed by atoms with Crippen molar-refractivity contribution in [1.82, 2.24) is 15.5 Å². The van der Waals surface area contributed by atoms with Crippen LogP contribution in [0.25, 0.3) is 0 Å². The number of rotatable bonds is 7. The Labute approximate surface area is 220 Å². The minimum absolute atomic E-state index is 0.000891. The van der Waals surface area contributed by atoms with Gasteiger partial charge < -0.3 is 26.3 Å². The largest absolute Gasteiger partial charge is 0.444 e. The number of oxime groups is 1. The molecule has 2 aromatic rings. The lowest BCUT2D eigenvalue weighted by molar-refractivity contribution is -0.132. The summed E-state index contributed by atoms with van der Waals surface area (Å²) in [5.74, 6) is -0.674. The molecule has 1 aromatic heterocycles. The predicted molar refractivity (Wildman–Crippen MR) is 141 cm³/mol. The van der Waals surface area contributed by atoms with Crippen molar-refractivity contribution in [3.05, 3.63) is 57.8 Å². The van der Waals surface area contributed by atoms with Crippen LogP contribution in [0.5, 0.6) is 0 Å². The van der Waals surface area contributed by atoms with Crippen molar-refractivity contribution in [3.63, 3.8) is 0 Å². The number of carbonyl (C=O) groups excluding carboxylic acids is 3. The molecule has 3 atom stereocenters. The summed E-state index contributed by atoms with van der Waals surface area (Å²) in [6.07, 6.45) is 0.586. The first-order chi connectivity index (χ1) is 17.5. The molecule has 0 saturated carbocycles. The van der Waals surface area contributed by atoms with Gasteiger partial charge in [-0.25, -0.2) is 4.79 Å². The maximum atomic E-state index is 13.4. The number of nitrogens with one attached hydrogen (secondary N) is 2. The lowest BCUT2D eigenvalue weighted by atomic mass is 9.85. The van der Waals surface area contributed by atoms with Crippen molar-refractivity contribution in [2.24, 2.45) is 10.9 Å². The Morgan fingerprint density at radius 2 is 1.92 bits per heavy atom. The van der Waals surface area contributed by atoms with E-state index >= 15 is 0 Å². The SMILES string of the molecule is CC(NC(=O)[C@H]1C[C@@H](c2ccccc2)CCN1C(=O)OC(C)(C)C)C(=O)NCc1ccc(/C(N)=N/O)s1. The Balaban J connectivity index is 1.66. The Kier molecular flexibility index (Phi) is 9.14. The average molecular weight is 530 g/mol. The fourth-order valence-electron chi connectivity index (χ4n) is 4.14. The first-order valence-corrected chi connectivity index (χ1v) is 13.0. The number of hydrogen-bond donors (Lipinski definition) is 4. The van der Waals surface area contributed by atoms with E-state index in [1.54, 1.807) is 39.8 Å². The summed E-state index contributed by atoms with van der Waals surface area (Å²) in [6.45, 7) is 7.54. The topological polar surface area (TPSA) is 146 Å². The van der Waals surface area contributed by atoms with Crippen LogP contribution in [0.3, 0.4) is 0 Å². The van der Waals surface area contributed by atoms with E-state index in [0.29, 0.717) is 24.3 Å². The van der Waals surface area contributed by atoms with Crippen LogP contribution in [-0.2, 0) is 20.9 Å². The zero-order chi connectivity index (χ0) is 27.2. The summed E-state index contributed by atoms with van der Waals surface area (Å²) in [6, 6.07) is 11.8. The molecule has 2 heterocycles. The van der Waals surface area contributed by atoms with Crippen LogP contribution in [0.2, 0.25) is 0 Å². The lowest BCUT2D eigenvalue weighted by Gasteiger charge is -2.39. The standard InChI is InChI=1S/C26H35N5O5S/c1-16(23(32)28-15-19-10-11-21(37-19)22(27)30-35)29-24(33)20-14-18(17-8-6-5-7-9-17)12-13-31(20)25(34)36-26(2,3)4/h5-11,16,18,20,35H,12-15H2,1-4H3,(H2,27,30)(H,28,32)(H,29,33)/t16?,18-,20+/m0/s1. The van der Waals surface area contributed by atoms with Gasteiger partial charge in [0.1, 0.15) is 17.7 Å². The van der Waals surface area contributed by atoms with E-state index in [9.17, 15) is 14.4 Å². The molecule has 1 saturated heterocycles. The summed E-state index contributed by atoms with van der Waals surface area (Å²) in [4.78, 5) is 41.9. The number of thiophene rings is 1. The highest BCUT2D eigenvalue weighted by Gasteiger charge is 2.39. The Hall–Kier alpha value is -3.60. The molecule has 1 aliphatic rings. The predicted octanol–water partition coefficient (Wildman–Crippen LogP) is 3.15. The highest BCUT2D eigenvalue weighted by Crippen LogP contribution is 2.32. The number of benzene rings is 1. The number of ether oxygens (including phenoxy) is 1. The molecule has 11 heteroatoms. The number of carbonyl (C=O) groups is 3. The van der Waals surface area contributed by atoms with Gasteiger partial charge in [0, 0.05) is 11.4 Å². The summed E-state index contributed by atoms with van der Waals surface area (Å²) in [7, 11) is 0. The van der Waals surface area contributed by atoms with Crippen LogP contribution >= 0.6 is 11.3 Å². The van der Waals surface area contributed by atoms with Crippen molar-refractivity contribution in [2.45, 2.75) is 70.7 Å². The van der Waals surface area contributed by atoms with Crippen molar-refractivity contribution in [3.8, 4) is 0 Å². The number of amides is 3. The lowest BCUT2D eigenvalue weighted by Crippen LogP contribution is -2.57. The third-order valence-corrected chi connectivity index (χ3v) is 7.12. The summed E-state index contributed by atoms with van der Waals surface area (Å²) in [5, 5.41) is 17.3. The average Bonchev–Trinajstić information content (AvgIpc) is 3.35. The molecule has 1 aromatic carbocycles. The van der Waals surface area contributed by atoms with Crippen LogP contribution in [0, 0.1) is 0 Å². The second-order valence-corrected chi connectivity index (χ2v) is 11.2. The molecule has 10 nitrogen and oxygen atoms in total. The van der Waals surface area contributed by atoms with Crippen molar-refractivity contribution < 1.29 is 24.3 Å². The molecule has 0 bridgehead atoms. The molecule has 1 fully saturated rings. The fraction of sp³-hybridized carbons (Fsp3) is 0.462. The van der Waals surface area contributed by atoms with Gasteiger partial charge >= 0.3 is 6.09 Å². The normalized spacial score (nSPS) is 19.1. The number of piperidine rings is 1. The molecular weight excluding hydrogens is 494 g/mol. The van der Waals surface area contributed by atoms with Gasteiger partial charge in [0.05, 0.1) is 11.4 Å². The molecule has 1 unspecified atom stereocenters. The molecule has 3 rings (SSSR count). The maximum absolute atomic E-state index is 13.4. The molecule has 3 amide bonds. The van der Waals surface area contributed by atoms with E-state index in [1.807, 2.05) is 30.3 Å². The molecular formula is C26H35N5O5S. The van der Waals surface area contributed by atoms with E-state index in [1.165, 1.54) is 16.2 Å². The van der Waals surface area contributed by atoms with Gasteiger partial charge in [-0.1, -0.05) is 35.5 Å². The Bertz CT molecular complexity index is 1130. The number of hydrogen-bond acceptors (Lipinski definition) is 7. The zero-order valence-electron chi connectivity index (χ0n) is 21.6. The Morgan fingerprint density at radius 1 is 1.22 bits per heavy atom. The summed E-state index contributed by atoms with van der Waals surface area (Å²) in [5.41, 5.74) is 6.00. The van der Waals surface area contributed by atoms with Crippen LogP contribution in [0.15, 0.2) is 47.6 Å². The van der Waals surface area contributed by atoms with Gasteiger partial charge in [-0.3, -0.25) is 14.5 Å². The number of nitrogens with two attached hydrogens (primary N) is 1. The second kappa shape index (κ2) is 12.1. The first kappa shape index (κ1) is 28.0. The fourth-order valence-corrected chi connectivity index (χ4v) is 4.99. The molecule has 200 valence electrons. The van der Waals surface area contributed by atoms with Crippen LogP contribution in [0.4, 0.5) is 4.79 Å². The van der Waals surface area contributed by atoms with Crippen molar-refractivity contribution in [1.29, 1.82) is 0 Å². The van der Waals surface area contributed by atoms with E-state index in [2.05, 4.69) is 15.8 Å². The van der Waals surface area contributed by atoms with Crippen LogP contribution < -0.4 is 16.4 Å². The number of nitrogens with zero attached hydrogens (tertiary/aromatic N) is 2. The van der Waals surface area contributed by atoms with E-state index in [4.69, 9.17) is 15.7 Å². The minimum Gasteiger partial charge on any atom is -0.444 e. The number of likely N-dealkylation sites (tertiary alicyclic amines) is 1. The zero-order valence-corrected chi connectivity index (χ0v) is 22.4. The highest BCUT2D eigenvalue weighted by atomic mass is 32.1. The van der Waals surface area contributed by atoms with Crippen LogP contribution in [0.1, 0.15) is 61.8 Å². The molecule has 0 aliphatic carbocycles. The van der Waals surface area contributed by atoms with Gasteiger partial charge in [0.25, 0.3) is 0 Å². The van der Waals surface area contributed by atoms with E-state index in [0.717, 1.165) is 10.4 Å². The third-order valence-electron chi connectivity index (χ3n) is 6.01. The van der Waals surface area contributed by atoms with Crippen molar-refractivity contribution in [2.75, 3.05) is 6.54 Å². The van der Waals surface area contributed by atoms with E-state index in [-0.39, 0.29) is 24.2 Å². The van der Waals surface area contributed by atoms with Gasteiger partial charge in [-0.05, 0) is 64.2 Å². The second-order valence-electron chi connectivity index (χ2n) is 10.0. The number of amidine groups is 1. The van der Waals surface area contributed by atoms with Gasteiger partial charge in [0.15, 0.2) is 5.84 Å². The maximum Gasteiger partial charge on any atom is 0.410 e. The summed E-state index contributed by atoms with van der Waals surface area (Å²) < 4.78 is 5.56. The van der Waals surface area contributed by atoms with E-state index < -0.39 is 29.7 Å². The third kappa shape index (κ3) is 7.69. The first-order valence-electron chi connectivity index (χ1n) is 12.2. The van der Waals surface area contributed by atoms with Crippen molar-refractivity contribution >= 4 is 35.1 Å². The smallest absolute Gasteiger partial charge is 0.410 e. The molecule has 0 radical (unpaired) electrons. The molecule has 0 spiro atoms. The molecule has 1 aliphatic heterocycles. The highest BCUT2D eigenvalue weighted by molar-refractivity contribution is 7.14. The van der Waals surface area contributed by atoms with Gasteiger partial charge in [-0.2, -0.15) is 0 Å². The minimum atomic E-state index is -0.825.